The molecule has 0 aliphatic heterocycles. The second-order valence-electron chi connectivity index (χ2n) is 6.16. The Hall–Kier alpha value is -2.78. The Balaban J connectivity index is 1.64. The molecule has 0 saturated carbocycles. The molecular formula is C20H21N5O2S2. The van der Waals surface area contributed by atoms with E-state index in [1.807, 2.05) is 28.8 Å². The number of carbonyl (C=O) groups excluding carboxylic acids is 2. The molecule has 0 bridgehead atoms. The number of Topliss-reactive ketones (excluding diaryl/α,β-unsaturated/α-hetero) is 1. The van der Waals surface area contributed by atoms with Crippen molar-refractivity contribution in [2.24, 2.45) is 0 Å². The van der Waals surface area contributed by atoms with Crippen molar-refractivity contribution in [2.75, 3.05) is 12.3 Å². The Morgan fingerprint density at radius 2 is 2.17 bits per heavy atom. The summed E-state index contributed by atoms with van der Waals surface area (Å²) < 4.78 is 1.93. The van der Waals surface area contributed by atoms with Gasteiger partial charge in [-0.2, -0.15) is 0 Å². The summed E-state index contributed by atoms with van der Waals surface area (Å²) in [6.45, 7) is 6.40. The molecule has 9 heteroatoms. The summed E-state index contributed by atoms with van der Waals surface area (Å²) in [5, 5.41) is 11.9. The zero-order valence-corrected chi connectivity index (χ0v) is 17.6. The molecule has 0 fully saturated rings. The summed E-state index contributed by atoms with van der Waals surface area (Å²) in [5.41, 5.74) is 0.863. The van der Waals surface area contributed by atoms with Crippen LogP contribution in [0, 0.1) is 0 Å². The highest BCUT2D eigenvalue weighted by Gasteiger charge is 2.16. The molecule has 1 N–H and O–H groups in total. The van der Waals surface area contributed by atoms with Crippen molar-refractivity contribution in [3.63, 3.8) is 0 Å². The second kappa shape index (κ2) is 10.1. The van der Waals surface area contributed by atoms with Crippen LogP contribution in [0.25, 0.3) is 11.4 Å². The summed E-state index contributed by atoms with van der Waals surface area (Å²) >= 11 is 2.82. The van der Waals surface area contributed by atoms with E-state index in [0.717, 1.165) is 10.4 Å². The molecule has 0 atom stereocenters. The summed E-state index contributed by atoms with van der Waals surface area (Å²) in [7, 11) is 0. The number of ketones is 1. The van der Waals surface area contributed by atoms with Crippen molar-refractivity contribution >= 4 is 34.8 Å². The van der Waals surface area contributed by atoms with Crippen LogP contribution in [0.3, 0.4) is 0 Å². The second-order valence-corrected chi connectivity index (χ2v) is 8.27. The maximum Gasteiger partial charge on any atom is 0.216 e. The lowest BCUT2D eigenvalue weighted by Crippen LogP contribution is -2.22. The molecule has 7 nitrogen and oxygen atoms in total. The fraction of sp³-hybridized carbons (Fsp3) is 0.250. The van der Waals surface area contributed by atoms with Crippen LogP contribution in [0.4, 0.5) is 0 Å². The van der Waals surface area contributed by atoms with E-state index < -0.39 is 0 Å². The molecule has 3 heterocycles. The van der Waals surface area contributed by atoms with E-state index in [2.05, 4.69) is 27.1 Å². The normalized spacial score (nSPS) is 10.7. The largest absolute Gasteiger partial charge is 0.356 e. The highest BCUT2D eigenvalue weighted by molar-refractivity contribution is 7.99. The van der Waals surface area contributed by atoms with E-state index >= 15 is 0 Å². The first-order valence-corrected chi connectivity index (χ1v) is 10.8. The van der Waals surface area contributed by atoms with Gasteiger partial charge in [0, 0.05) is 42.8 Å². The van der Waals surface area contributed by atoms with E-state index in [4.69, 9.17) is 0 Å². The quantitative estimate of drug-likeness (QED) is 0.303. The fourth-order valence-electron chi connectivity index (χ4n) is 2.62. The molecule has 0 aromatic carbocycles. The first kappa shape index (κ1) is 20.9. The molecule has 3 aromatic heterocycles. The Morgan fingerprint density at radius 3 is 2.90 bits per heavy atom. The minimum Gasteiger partial charge on any atom is -0.356 e. The van der Waals surface area contributed by atoms with Gasteiger partial charge in [0.15, 0.2) is 16.8 Å². The van der Waals surface area contributed by atoms with Crippen molar-refractivity contribution in [3.05, 3.63) is 59.1 Å². The number of amides is 1. The predicted molar refractivity (Wildman–Crippen MR) is 115 cm³/mol. The minimum atomic E-state index is -0.0523. The monoisotopic (exact) mass is 427 g/mol. The van der Waals surface area contributed by atoms with Crippen LogP contribution < -0.4 is 5.32 Å². The van der Waals surface area contributed by atoms with Gasteiger partial charge < -0.3 is 5.32 Å². The molecule has 0 unspecified atom stereocenters. The summed E-state index contributed by atoms with van der Waals surface area (Å²) in [6, 6.07) is 7.54. The lowest BCUT2D eigenvalue weighted by molar-refractivity contribution is -0.118. The van der Waals surface area contributed by atoms with E-state index in [1.165, 1.54) is 30.0 Å². The number of thiophene rings is 1. The van der Waals surface area contributed by atoms with Gasteiger partial charge >= 0.3 is 0 Å². The predicted octanol–water partition coefficient (Wildman–Crippen LogP) is 3.24. The Bertz CT molecular complexity index is 997. The summed E-state index contributed by atoms with van der Waals surface area (Å²) in [4.78, 5) is 29.4. The smallest absolute Gasteiger partial charge is 0.216 e. The third-order valence-corrected chi connectivity index (χ3v) is 6.12. The van der Waals surface area contributed by atoms with Crippen molar-refractivity contribution in [3.8, 4) is 11.4 Å². The SMILES string of the molecule is C=CCn1c(SCC(=O)c2ccc(CCNC(C)=O)s2)nnc1-c1cccnc1. The van der Waals surface area contributed by atoms with Crippen molar-refractivity contribution < 1.29 is 9.59 Å². The van der Waals surface area contributed by atoms with E-state index in [1.54, 1.807) is 18.5 Å². The number of allylic oxidation sites excluding steroid dienone is 1. The fourth-order valence-corrected chi connectivity index (χ4v) is 4.49. The third-order valence-electron chi connectivity index (χ3n) is 3.96. The molecular weight excluding hydrogens is 406 g/mol. The average molecular weight is 428 g/mol. The van der Waals surface area contributed by atoms with Gasteiger partial charge in [-0.05, 0) is 30.7 Å². The van der Waals surface area contributed by atoms with E-state index in [9.17, 15) is 9.59 Å². The van der Waals surface area contributed by atoms with Gasteiger partial charge in [0.05, 0.1) is 10.6 Å². The molecule has 29 heavy (non-hydrogen) atoms. The lowest BCUT2D eigenvalue weighted by Gasteiger charge is -2.07. The van der Waals surface area contributed by atoms with Gasteiger partial charge in [-0.3, -0.25) is 19.1 Å². The molecule has 0 aliphatic carbocycles. The van der Waals surface area contributed by atoms with Gasteiger partial charge in [0.2, 0.25) is 5.91 Å². The molecule has 0 radical (unpaired) electrons. The molecule has 0 spiro atoms. The molecule has 3 rings (SSSR count). The summed E-state index contributed by atoms with van der Waals surface area (Å²) in [5.74, 6) is 0.961. The number of rotatable bonds is 10. The van der Waals surface area contributed by atoms with Gasteiger partial charge in [-0.15, -0.1) is 28.1 Å². The Morgan fingerprint density at radius 1 is 1.31 bits per heavy atom. The Labute approximate surface area is 177 Å². The van der Waals surface area contributed by atoms with Crippen LogP contribution in [0.15, 0.2) is 54.5 Å². The summed E-state index contributed by atoms with van der Waals surface area (Å²) in [6.07, 6.45) is 5.93. The standard InChI is InChI=1S/C20H21N5O2S2/c1-3-11-25-19(15-5-4-9-21-12-15)23-24-20(25)28-13-17(27)18-7-6-16(29-18)8-10-22-14(2)26/h3-7,9,12H,1,8,10-11,13H2,2H3,(H,22,26). The number of nitrogens with one attached hydrogen (secondary N) is 1. The highest BCUT2D eigenvalue weighted by Crippen LogP contribution is 2.25. The Kier molecular flexibility index (Phi) is 7.31. The molecule has 0 saturated heterocycles. The van der Waals surface area contributed by atoms with Crippen molar-refractivity contribution in [2.45, 2.75) is 25.0 Å². The van der Waals surface area contributed by atoms with Crippen LogP contribution in [-0.2, 0) is 17.8 Å². The van der Waals surface area contributed by atoms with Crippen molar-refractivity contribution in [1.29, 1.82) is 0 Å². The first-order valence-electron chi connectivity index (χ1n) is 9.02. The maximum atomic E-state index is 12.6. The van der Waals surface area contributed by atoms with Gasteiger partial charge in [-0.25, -0.2) is 0 Å². The number of nitrogens with zero attached hydrogens (tertiary/aromatic N) is 4. The first-order chi connectivity index (χ1) is 14.1. The number of carbonyl (C=O) groups is 2. The van der Waals surface area contributed by atoms with Crippen LogP contribution in [0.5, 0.6) is 0 Å². The number of aromatic nitrogens is 4. The minimum absolute atomic E-state index is 0.0434. The number of thioether (sulfide) groups is 1. The third kappa shape index (κ3) is 5.61. The van der Waals surface area contributed by atoms with E-state index in [0.29, 0.717) is 35.4 Å². The lowest BCUT2D eigenvalue weighted by atomic mass is 10.3. The number of hydrogen-bond acceptors (Lipinski definition) is 7. The molecule has 1 amide bonds. The van der Waals surface area contributed by atoms with Crippen LogP contribution in [-0.4, -0.2) is 43.7 Å². The van der Waals surface area contributed by atoms with Gasteiger partial charge in [0.1, 0.15) is 0 Å². The molecule has 3 aromatic rings. The number of hydrogen-bond donors (Lipinski definition) is 1. The zero-order valence-electron chi connectivity index (χ0n) is 16.0. The number of pyridine rings is 1. The molecule has 0 aliphatic rings. The van der Waals surface area contributed by atoms with E-state index in [-0.39, 0.29) is 17.4 Å². The van der Waals surface area contributed by atoms with Gasteiger partial charge in [-0.1, -0.05) is 17.8 Å². The average Bonchev–Trinajstić information content (AvgIpc) is 3.34. The van der Waals surface area contributed by atoms with Crippen LogP contribution in [0.2, 0.25) is 0 Å². The maximum absolute atomic E-state index is 12.6. The van der Waals surface area contributed by atoms with Crippen LogP contribution >= 0.6 is 23.1 Å². The molecule has 150 valence electrons. The van der Waals surface area contributed by atoms with Gasteiger partial charge in [0.25, 0.3) is 0 Å². The van der Waals surface area contributed by atoms with Crippen LogP contribution in [0.1, 0.15) is 21.5 Å². The topological polar surface area (TPSA) is 89.8 Å². The zero-order chi connectivity index (χ0) is 20.6. The highest BCUT2D eigenvalue weighted by atomic mass is 32.2. The van der Waals surface area contributed by atoms with Crippen molar-refractivity contribution in [1.82, 2.24) is 25.1 Å².